The van der Waals surface area contributed by atoms with E-state index in [0.717, 1.165) is 19.1 Å². The lowest BCUT2D eigenvalue weighted by molar-refractivity contribution is -0.0229. The second kappa shape index (κ2) is 5.05. The minimum Gasteiger partial charge on any atom is -0.378 e. The summed E-state index contributed by atoms with van der Waals surface area (Å²) in [5.41, 5.74) is 0.232. The maximum atomic E-state index is 5.99. The lowest BCUT2D eigenvalue weighted by Gasteiger charge is -2.33. The van der Waals surface area contributed by atoms with Crippen molar-refractivity contribution in [3.63, 3.8) is 0 Å². The van der Waals surface area contributed by atoms with Crippen molar-refractivity contribution in [2.45, 2.75) is 64.6 Å². The third-order valence-corrected chi connectivity index (χ3v) is 4.20. The summed E-state index contributed by atoms with van der Waals surface area (Å²) in [5, 5.41) is 0. The predicted octanol–water partition coefficient (Wildman–Crippen LogP) is 3.40. The van der Waals surface area contributed by atoms with Crippen LogP contribution in [0.15, 0.2) is 0 Å². The highest BCUT2D eigenvalue weighted by atomic mass is 16.6. The van der Waals surface area contributed by atoms with E-state index in [1.54, 1.807) is 0 Å². The van der Waals surface area contributed by atoms with Gasteiger partial charge in [0.05, 0.1) is 18.3 Å². The van der Waals surface area contributed by atoms with Crippen LogP contribution >= 0.6 is 0 Å². The maximum Gasteiger partial charge on any atom is 0.0969 e. The summed E-state index contributed by atoms with van der Waals surface area (Å²) in [6, 6.07) is 0. The third-order valence-electron chi connectivity index (χ3n) is 4.20. The van der Waals surface area contributed by atoms with Gasteiger partial charge in [-0.1, -0.05) is 26.7 Å². The first-order valence-electron chi connectivity index (χ1n) is 6.89. The molecule has 0 aromatic carbocycles. The van der Waals surface area contributed by atoms with E-state index in [1.807, 2.05) is 0 Å². The summed E-state index contributed by atoms with van der Waals surface area (Å²) >= 11 is 0. The topological polar surface area (TPSA) is 21.8 Å². The summed E-state index contributed by atoms with van der Waals surface area (Å²) in [6.45, 7) is 8.63. The average Bonchev–Trinajstić information content (AvgIpc) is 2.98. The van der Waals surface area contributed by atoms with Crippen molar-refractivity contribution in [2.24, 2.45) is 11.8 Å². The van der Waals surface area contributed by atoms with Gasteiger partial charge in [-0.05, 0) is 32.1 Å². The Morgan fingerprint density at radius 1 is 1.31 bits per heavy atom. The minimum atomic E-state index is 0.232. The van der Waals surface area contributed by atoms with Crippen LogP contribution in [0.5, 0.6) is 0 Å². The summed E-state index contributed by atoms with van der Waals surface area (Å²) in [5.74, 6) is 1.39. The zero-order valence-electron chi connectivity index (χ0n) is 11.0. The molecule has 0 N–H and O–H groups in total. The van der Waals surface area contributed by atoms with Crippen LogP contribution in [-0.4, -0.2) is 24.9 Å². The van der Waals surface area contributed by atoms with Crippen LogP contribution in [-0.2, 0) is 9.47 Å². The van der Waals surface area contributed by atoms with Gasteiger partial charge in [0.15, 0.2) is 0 Å². The van der Waals surface area contributed by atoms with Gasteiger partial charge >= 0.3 is 0 Å². The molecule has 16 heavy (non-hydrogen) atoms. The smallest absolute Gasteiger partial charge is 0.0969 e. The molecular formula is C14H26O2. The van der Waals surface area contributed by atoms with Gasteiger partial charge in [0.1, 0.15) is 0 Å². The Hall–Kier alpha value is -0.0800. The molecule has 3 unspecified atom stereocenters. The number of hydrogen-bond acceptors (Lipinski definition) is 2. The maximum absolute atomic E-state index is 5.99. The van der Waals surface area contributed by atoms with Crippen LogP contribution in [0.3, 0.4) is 0 Å². The van der Waals surface area contributed by atoms with Crippen molar-refractivity contribution in [1.29, 1.82) is 0 Å². The Morgan fingerprint density at radius 3 is 2.69 bits per heavy atom. The van der Waals surface area contributed by atoms with Gasteiger partial charge in [0.2, 0.25) is 0 Å². The van der Waals surface area contributed by atoms with Crippen LogP contribution in [0.1, 0.15) is 52.9 Å². The Morgan fingerprint density at radius 2 is 2.06 bits per heavy atom. The predicted molar refractivity (Wildman–Crippen MR) is 65.5 cm³/mol. The molecule has 0 radical (unpaired) electrons. The molecule has 0 aromatic heterocycles. The zero-order valence-corrected chi connectivity index (χ0v) is 11.0. The molecule has 1 aliphatic heterocycles. The van der Waals surface area contributed by atoms with Crippen molar-refractivity contribution < 1.29 is 9.47 Å². The second-order valence-corrected chi connectivity index (χ2v) is 5.96. The fourth-order valence-electron chi connectivity index (χ4n) is 2.96. The number of hydrogen-bond donors (Lipinski definition) is 0. The lowest BCUT2D eigenvalue weighted by atomic mass is 9.76. The Bertz CT molecular complexity index is 221. The molecule has 0 amide bonds. The lowest BCUT2D eigenvalue weighted by Crippen LogP contribution is -2.37. The first kappa shape index (κ1) is 12.4. The molecule has 2 rings (SSSR count). The number of rotatable bonds is 5. The molecule has 1 spiro atoms. The highest BCUT2D eigenvalue weighted by Crippen LogP contribution is 2.48. The van der Waals surface area contributed by atoms with Crippen molar-refractivity contribution in [3.8, 4) is 0 Å². The molecule has 0 aromatic rings. The first-order chi connectivity index (χ1) is 7.64. The summed E-state index contributed by atoms with van der Waals surface area (Å²) in [6.07, 6.45) is 6.80. The fraction of sp³-hybridized carbons (Fsp3) is 1.00. The summed E-state index contributed by atoms with van der Waals surface area (Å²) in [4.78, 5) is 0. The van der Waals surface area contributed by atoms with E-state index in [1.165, 1.54) is 32.1 Å². The van der Waals surface area contributed by atoms with E-state index >= 15 is 0 Å². The Labute approximate surface area is 99.7 Å². The van der Waals surface area contributed by atoms with Crippen molar-refractivity contribution in [2.75, 3.05) is 13.2 Å². The molecule has 1 heterocycles. The van der Waals surface area contributed by atoms with Crippen molar-refractivity contribution in [3.05, 3.63) is 0 Å². The van der Waals surface area contributed by atoms with E-state index in [-0.39, 0.29) is 5.60 Å². The van der Waals surface area contributed by atoms with E-state index in [9.17, 15) is 0 Å². The van der Waals surface area contributed by atoms with E-state index < -0.39 is 0 Å². The molecule has 1 saturated heterocycles. The Balaban J connectivity index is 1.77. The molecule has 1 saturated carbocycles. The van der Waals surface area contributed by atoms with Crippen LogP contribution in [0, 0.1) is 11.8 Å². The molecular weight excluding hydrogens is 200 g/mol. The molecule has 2 nitrogen and oxygen atoms in total. The van der Waals surface area contributed by atoms with Crippen LogP contribution < -0.4 is 0 Å². The quantitative estimate of drug-likeness (QED) is 0.670. The van der Waals surface area contributed by atoms with Gasteiger partial charge in [-0.15, -0.1) is 0 Å². The standard InChI is InChI=1S/C14H26O2/c1-11(2)7-9-15-12(3)13-6-4-5-8-14(13)10-16-14/h11-13H,4-10H2,1-3H3. The minimum absolute atomic E-state index is 0.232. The van der Waals surface area contributed by atoms with Gasteiger partial charge in [-0.25, -0.2) is 0 Å². The zero-order chi connectivity index (χ0) is 11.6. The average molecular weight is 226 g/mol. The van der Waals surface area contributed by atoms with Gasteiger partial charge in [0.25, 0.3) is 0 Å². The fourth-order valence-corrected chi connectivity index (χ4v) is 2.96. The Kier molecular flexibility index (Phi) is 3.91. The van der Waals surface area contributed by atoms with Gasteiger partial charge in [-0.3, -0.25) is 0 Å². The van der Waals surface area contributed by atoms with Gasteiger partial charge in [0, 0.05) is 12.5 Å². The third kappa shape index (κ3) is 2.78. The van der Waals surface area contributed by atoms with Crippen LogP contribution in [0.2, 0.25) is 0 Å². The molecule has 3 atom stereocenters. The number of ether oxygens (including phenoxy) is 2. The molecule has 2 fully saturated rings. The van der Waals surface area contributed by atoms with Crippen molar-refractivity contribution >= 4 is 0 Å². The second-order valence-electron chi connectivity index (χ2n) is 5.96. The SMILES string of the molecule is CC(C)CCOC(C)C1CCCCC12CO2. The molecule has 2 aliphatic rings. The summed E-state index contributed by atoms with van der Waals surface area (Å²) in [7, 11) is 0. The number of epoxide rings is 1. The van der Waals surface area contributed by atoms with Crippen LogP contribution in [0.4, 0.5) is 0 Å². The van der Waals surface area contributed by atoms with Crippen LogP contribution in [0.25, 0.3) is 0 Å². The first-order valence-corrected chi connectivity index (χ1v) is 6.89. The van der Waals surface area contributed by atoms with Gasteiger partial charge < -0.3 is 9.47 Å². The largest absolute Gasteiger partial charge is 0.378 e. The molecule has 2 heteroatoms. The monoisotopic (exact) mass is 226 g/mol. The van der Waals surface area contributed by atoms with Gasteiger partial charge in [-0.2, -0.15) is 0 Å². The van der Waals surface area contributed by atoms with E-state index in [4.69, 9.17) is 9.47 Å². The molecule has 0 bridgehead atoms. The normalized spacial score (nSPS) is 35.6. The van der Waals surface area contributed by atoms with E-state index in [0.29, 0.717) is 12.0 Å². The highest BCUT2D eigenvalue weighted by molar-refractivity contribution is 5.02. The summed E-state index contributed by atoms with van der Waals surface area (Å²) < 4.78 is 11.7. The molecule has 1 aliphatic carbocycles. The highest BCUT2D eigenvalue weighted by Gasteiger charge is 2.54. The van der Waals surface area contributed by atoms with E-state index in [2.05, 4.69) is 20.8 Å². The molecule has 94 valence electrons. The van der Waals surface area contributed by atoms with Crippen molar-refractivity contribution in [1.82, 2.24) is 0 Å².